The number of benzene rings is 2. The van der Waals surface area contributed by atoms with Crippen LogP contribution in [0.3, 0.4) is 0 Å². The quantitative estimate of drug-likeness (QED) is 0.759. The molecule has 29 heavy (non-hydrogen) atoms. The smallest absolute Gasteiger partial charge is 0.321 e. The molecule has 3 amide bonds. The van der Waals surface area contributed by atoms with Gasteiger partial charge in [0.05, 0.1) is 0 Å². The number of urea groups is 1. The zero-order valence-electron chi connectivity index (χ0n) is 17.4. The fourth-order valence-corrected chi connectivity index (χ4v) is 3.82. The molecule has 0 radical (unpaired) electrons. The number of para-hydroxylation sites is 1. The van der Waals surface area contributed by atoms with E-state index in [0.717, 1.165) is 36.1 Å². The van der Waals surface area contributed by atoms with Crippen molar-refractivity contribution in [2.24, 2.45) is 5.92 Å². The van der Waals surface area contributed by atoms with E-state index in [1.165, 1.54) is 5.56 Å². The third-order valence-corrected chi connectivity index (χ3v) is 5.75. The Morgan fingerprint density at radius 3 is 2.34 bits per heavy atom. The fraction of sp³-hybridized carbons (Fsp3) is 0.417. The van der Waals surface area contributed by atoms with Gasteiger partial charge < -0.3 is 15.5 Å². The molecule has 0 spiro atoms. The average Bonchev–Trinajstić information content (AvgIpc) is 2.74. The summed E-state index contributed by atoms with van der Waals surface area (Å²) in [6.07, 6.45) is 3.14. The highest BCUT2D eigenvalue weighted by atomic mass is 16.2. The van der Waals surface area contributed by atoms with Gasteiger partial charge in [0.25, 0.3) is 0 Å². The molecule has 1 aliphatic heterocycles. The number of piperidine rings is 1. The number of carbonyl (C=O) groups excluding carboxylic acids is 2. The Balaban J connectivity index is 1.42. The lowest BCUT2D eigenvalue weighted by atomic mass is 9.93. The van der Waals surface area contributed by atoms with Crippen LogP contribution in [-0.4, -0.2) is 29.9 Å². The first-order valence-electron chi connectivity index (χ1n) is 10.5. The molecule has 0 saturated carbocycles. The van der Waals surface area contributed by atoms with E-state index in [4.69, 9.17) is 0 Å². The van der Waals surface area contributed by atoms with Crippen LogP contribution in [0.1, 0.15) is 42.9 Å². The molecule has 5 heteroatoms. The minimum Gasteiger partial charge on any atom is -0.352 e. The second-order valence-corrected chi connectivity index (χ2v) is 7.78. The van der Waals surface area contributed by atoms with Crippen molar-refractivity contribution in [3.63, 3.8) is 0 Å². The number of anilines is 1. The van der Waals surface area contributed by atoms with Gasteiger partial charge in [-0.2, -0.15) is 0 Å². The number of rotatable bonds is 6. The van der Waals surface area contributed by atoms with Crippen LogP contribution >= 0.6 is 0 Å². The van der Waals surface area contributed by atoms with Crippen molar-refractivity contribution >= 4 is 17.6 Å². The Labute approximate surface area is 173 Å². The van der Waals surface area contributed by atoms with E-state index in [9.17, 15) is 9.59 Å². The predicted octanol–water partition coefficient (Wildman–Crippen LogP) is 4.51. The monoisotopic (exact) mass is 393 g/mol. The molecular weight excluding hydrogens is 362 g/mol. The van der Waals surface area contributed by atoms with Gasteiger partial charge in [-0.25, -0.2) is 4.79 Å². The zero-order chi connectivity index (χ0) is 20.6. The molecule has 1 fully saturated rings. The van der Waals surface area contributed by atoms with E-state index in [2.05, 4.69) is 30.5 Å². The highest BCUT2D eigenvalue weighted by molar-refractivity contribution is 5.90. The fourth-order valence-electron chi connectivity index (χ4n) is 3.82. The first kappa shape index (κ1) is 20.9. The van der Waals surface area contributed by atoms with Gasteiger partial charge in [0.15, 0.2) is 0 Å². The molecule has 1 aliphatic rings. The molecule has 3 rings (SSSR count). The zero-order valence-corrected chi connectivity index (χ0v) is 17.4. The molecule has 0 unspecified atom stereocenters. The first-order chi connectivity index (χ1) is 14.1. The summed E-state index contributed by atoms with van der Waals surface area (Å²) in [5.74, 6) is 0.423. The van der Waals surface area contributed by atoms with Crippen molar-refractivity contribution in [2.45, 2.75) is 46.1 Å². The van der Waals surface area contributed by atoms with Crippen LogP contribution in [-0.2, 0) is 17.8 Å². The van der Waals surface area contributed by atoms with Gasteiger partial charge in [-0.1, -0.05) is 49.4 Å². The molecule has 2 aromatic rings. The molecule has 0 aliphatic carbocycles. The molecule has 1 saturated heterocycles. The van der Waals surface area contributed by atoms with E-state index < -0.39 is 0 Å². The first-order valence-corrected chi connectivity index (χ1v) is 10.5. The molecule has 0 aromatic heterocycles. The summed E-state index contributed by atoms with van der Waals surface area (Å²) in [6.45, 7) is 6.09. The summed E-state index contributed by atoms with van der Waals surface area (Å²) in [7, 11) is 0. The van der Waals surface area contributed by atoms with E-state index in [0.29, 0.717) is 32.0 Å². The number of amides is 3. The van der Waals surface area contributed by atoms with Crippen molar-refractivity contribution in [1.82, 2.24) is 10.2 Å². The van der Waals surface area contributed by atoms with E-state index in [1.807, 2.05) is 47.4 Å². The molecule has 5 nitrogen and oxygen atoms in total. The molecule has 2 aromatic carbocycles. The highest BCUT2D eigenvalue weighted by Gasteiger charge is 2.24. The van der Waals surface area contributed by atoms with E-state index >= 15 is 0 Å². The summed E-state index contributed by atoms with van der Waals surface area (Å²) in [5, 5.41) is 6.07. The Bertz CT molecular complexity index is 842. The lowest BCUT2D eigenvalue weighted by Gasteiger charge is -2.32. The maximum atomic E-state index is 12.6. The summed E-state index contributed by atoms with van der Waals surface area (Å²) in [4.78, 5) is 26.8. The number of likely N-dealkylation sites (tertiary alicyclic amines) is 1. The van der Waals surface area contributed by atoms with Crippen LogP contribution in [0.4, 0.5) is 10.5 Å². The maximum absolute atomic E-state index is 12.6. The minimum atomic E-state index is -0.0478. The van der Waals surface area contributed by atoms with Crippen molar-refractivity contribution in [1.29, 1.82) is 0 Å². The third kappa shape index (κ3) is 5.83. The molecule has 0 atom stereocenters. The Kier molecular flexibility index (Phi) is 7.28. The van der Waals surface area contributed by atoms with Gasteiger partial charge in [-0.05, 0) is 54.9 Å². The summed E-state index contributed by atoms with van der Waals surface area (Å²) < 4.78 is 0. The van der Waals surface area contributed by atoms with Gasteiger partial charge in [-0.3, -0.25) is 4.79 Å². The minimum absolute atomic E-state index is 0.0478. The number of aryl methyl sites for hydroxylation is 2. The van der Waals surface area contributed by atoms with Gasteiger partial charge in [-0.15, -0.1) is 0 Å². The lowest BCUT2D eigenvalue weighted by Crippen LogP contribution is -2.42. The average molecular weight is 394 g/mol. The predicted molar refractivity (Wildman–Crippen MR) is 117 cm³/mol. The van der Waals surface area contributed by atoms with Crippen LogP contribution < -0.4 is 10.6 Å². The standard InChI is InChI=1S/C24H31N3O2/c1-3-20-9-6-7-11-22(20)26-24(29)27-14-12-19(13-15-27)16-23(28)25-17-21-10-5-4-8-18(21)2/h4-11,19H,3,12-17H2,1-2H3,(H,25,28)(H,26,29). The van der Waals surface area contributed by atoms with Gasteiger partial charge in [0, 0.05) is 31.7 Å². The number of nitrogens with zero attached hydrogens (tertiary/aromatic N) is 1. The molecule has 154 valence electrons. The summed E-state index contributed by atoms with van der Waals surface area (Å²) in [5.41, 5.74) is 4.37. The molecule has 0 bridgehead atoms. The van der Waals surface area contributed by atoms with Crippen LogP contribution in [0, 0.1) is 12.8 Å². The Morgan fingerprint density at radius 2 is 1.66 bits per heavy atom. The summed E-state index contributed by atoms with van der Waals surface area (Å²) >= 11 is 0. The van der Waals surface area contributed by atoms with Crippen molar-refractivity contribution in [2.75, 3.05) is 18.4 Å². The number of nitrogens with one attached hydrogen (secondary N) is 2. The van der Waals surface area contributed by atoms with Crippen LogP contribution in [0.15, 0.2) is 48.5 Å². The van der Waals surface area contributed by atoms with E-state index in [1.54, 1.807) is 0 Å². The van der Waals surface area contributed by atoms with Gasteiger partial charge >= 0.3 is 6.03 Å². The van der Waals surface area contributed by atoms with Gasteiger partial charge in [0.2, 0.25) is 5.91 Å². The highest BCUT2D eigenvalue weighted by Crippen LogP contribution is 2.22. The normalized spacial score (nSPS) is 14.5. The van der Waals surface area contributed by atoms with Crippen molar-refractivity contribution < 1.29 is 9.59 Å². The second-order valence-electron chi connectivity index (χ2n) is 7.78. The third-order valence-electron chi connectivity index (χ3n) is 5.75. The number of hydrogen-bond donors (Lipinski definition) is 2. The van der Waals surface area contributed by atoms with Crippen LogP contribution in [0.2, 0.25) is 0 Å². The number of hydrogen-bond acceptors (Lipinski definition) is 2. The maximum Gasteiger partial charge on any atom is 0.321 e. The molecule has 2 N–H and O–H groups in total. The molecule has 1 heterocycles. The molecular formula is C24H31N3O2. The lowest BCUT2D eigenvalue weighted by molar-refractivity contribution is -0.122. The largest absolute Gasteiger partial charge is 0.352 e. The van der Waals surface area contributed by atoms with Crippen molar-refractivity contribution in [3.8, 4) is 0 Å². The second kappa shape index (κ2) is 10.1. The van der Waals surface area contributed by atoms with Crippen LogP contribution in [0.5, 0.6) is 0 Å². The Morgan fingerprint density at radius 1 is 1.00 bits per heavy atom. The van der Waals surface area contributed by atoms with E-state index in [-0.39, 0.29) is 11.9 Å². The van der Waals surface area contributed by atoms with Crippen LogP contribution in [0.25, 0.3) is 0 Å². The topological polar surface area (TPSA) is 61.4 Å². The number of carbonyl (C=O) groups is 2. The Hall–Kier alpha value is -2.82. The van der Waals surface area contributed by atoms with Gasteiger partial charge in [0.1, 0.15) is 0 Å². The summed E-state index contributed by atoms with van der Waals surface area (Å²) in [6, 6.07) is 16.0. The van der Waals surface area contributed by atoms with Crippen molar-refractivity contribution in [3.05, 3.63) is 65.2 Å². The SMILES string of the molecule is CCc1ccccc1NC(=O)N1CCC(CC(=O)NCc2ccccc2C)CC1.